The van der Waals surface area contributed by atoms with Crippen LogP contribution in [0.25, 0.3) is 11.0 Å². The Morgan fingerprint density at radius 1 is 0.939 bits per heavy atom. The van der Waals surface area contributed by atoms with E-state index in [1.165, 1.54) is 19.3 Å². The predicted molar refractivity (Wildman–Crippen MR) is 130 cm³/mol. The predicted octanol–water partition coefficient (Wildman–Crippen LogP) is 5.30. The molecule has 172 valence electrons. The van der Waals surface area contributed by atoms with Crippen LogP contribution in [0, 0.1) is 0 Å². The Kier molecular flexibility index (Phi) is 5.27. The second-order valence-corrected chi connectivity index (χ2v) is 10.1. The van der Waals surface area contributed by atoms with Crippen molar-refractivity contribution in [3.05, 3.63) is 42.4 Å². The molecule has 0 saturated heterocycles. The average molecular weight is 445 g/mol. The molecule has 1 spiro atoms. The first kappa shape index (κ1) is 20.6. The zero-order chi connectivity index (χ0) is 22.3. The van der Waals surface area contributed by atoms with Gasteiger partial charge >= 0.3 is 0 Å². The van der Waals surface area contributed by atoms with E-state index < -0.39 is 0 Å². The summed E-state index contributed by atoms with van der Waals surface area (Å²) in [7, 11) is 0. The number of hydrogen-bond donors (Lipinski definition) is 2. The third-order valence-electron chi connectivity index (χ3n) is 7.98. The lowest BCUT2D eigenvalue weighted by Crippen LogP contribution is -2.41. The highest BCUT2D eigenvalue weighted by molar-refractivity contribution is 6.00. The number of anilines is 2. The molecule has 0 atom stereocenters. The largest absolute Gasteiger partial charge is 0.367 e. The molecule has 6 rings (SSSR count). The van der Waals surface area contributed by atoms with E-state index in [1.54, 1.807) is 0 Å². The molecule has 0 unspecified atom stereocenters. The topological polar surface area (TPSA) is 84.7 Å². The van der Waals surface area contributed by atoms with Crippen molar-refractivity contribution in [2.75, 3.05) is 10.6 Å². The molecule has 7 nitrogen and oxygen atoms in total. The Morgan fingerprint density at radius 2 is 1.73 bits per heavy atom. The average Bonchev–Trinajstić information content (AvgIpc) is 3.25. The van der Waals surface area contributed by atoms with Crippen LogP contribution in [-0.4, -0.2) is 37.4 Å². The van der Waals surface area contributed by atoms with E-state index in [1.807, 2.05) is 36.7 Å². The van der Waals surface area contributed by atoms with Gasteiger partial charge in [-0.1, -0.05) is 25.3 Å². The molecule has 2 aliphatic carbocycles. The highest BCUT2D eigenvalue weighted by Crippen LogP contribution is 2.45. The molecular formula is C26H32N6O. The number of ketones is 1. The van der Waals surface area contributed by atoms with Crippen molar-refractivity contribution < 1.29 is 4.79 Å². The molecule has 4 heterocycles. The van der Waals surface area contributed by atoms with Crippen LogP contribution in [0.4, 0.5) is 11.8 Å². The zero-order valence-corrected chi connectivity index (χ0v) is 19.1. The number of nitrogens with one attached hydrogen (secondary N) is 2. The number of hydrogen-bond acceptors (Lipinski definition) is 6. The monoisotopic (exact) mass is 444 g/mol. The molecule has 1 aliphatic heterocycles. The second-order valence-electron chi connectivity index (χ2n) is 10.1. The summed E-state index contributed by atoms with van der Waals surface area (Å²) in [6.07, 6.45) is 15.7. The van der Waals surface area contributed by atoms with Gasteiger partial charge in [-0.3, -0.25) is 4.79 Å². The van der Waals surface area contributed by atoms with Crippen molar-refractivity contribution in [3.63, 3.8) is 0 Å². The first-order valence-electron chi connectivity index (χ1n) is 12.6. The third kappa shape index (κ3) is 3.87. The van der Waals surface area contributed by atoms with Gasteiger partial charge in [0.15, 0.2) is 5.78 Å². The van der Waals surface area contributed by atoms with Crippen LogP contribution >= 0.6 is 0 Å². The number of rotatable bonds is 4. The van der Waals surface area contributed by atoms with E-state index in [-0.39, 0.29) is 11.3 Å². The number of carbonyl (C=O) groups is 1. The summed E-state index contributed by atoms with van der Waals surface area (Å²) in [6.45, 7) is 0. The molecule has 33 heavy (non-hydrogen) atoms. The summed E-state index contributed by atoms with van der Waals surface area (Å²) >= 11 is 0. The van der Waals surface area contributed by atoms with E-state index in [0.29, 0.717) is 24.5 Å². The number of nitrogens with zero attached hydrogens (tertiary/aromatic N) is 4. The van der Waals surface area contributed by atoms with Gasteiger partial charge in [0, 0.05) is 41.8 Å². The summed E-state index contributed by atoms with van der Waals surface area (Å²) in [5.41, 5.74) is 1.83. The minimum atomic E-state index is 0.0596. The number of pyridine rings is 1. The van der Waals surface area contributed by atoms with Crippen molar-refractivity contribution in [1.82, 2.24) is 19.5 Å². The first-order chi connectivity index (χ1) is 16.2. The Bertz CT molecular complexity index is 1140. The Hall–Kier alpha value is -2.96. The summed E-state index contributed by atoms with van der Waals surface area (Å²) < 4.78 is 2.30. The van der Waals surface area contributed by atoms with Gasteiger partial charge in [-0.05, 0) is 63.1 Å². The smallest absolute Gasteiger partial charge is 0.224 e. The van der Waals surface area contributed by atoms with Crippen molar-refractivity contribution in [2.45, 2.75) is 88.3 Å². The fourth-order valence-electron chi connectivity index (χ4n) is 6.24. The Morgan fingerprint density at radius 3 is 2.48 bits per heavy atom. The SMILES string of the molecule is O=C1CCC2(CCCCC2)n2c1cc1cnc(NC3CCC(Nc4ccccn4)CC3)nc12. The summed E-state index contributed by atoms with van der Waals surface area (Å²) in [5.74, 6) is 1.89. The minimum absolute atomic E-state index is 0.0596. The van der Waals surface area contributed by atoms with E-state index in [9.17, 15) is 4.79 Å². The third-order valence-corrected chi connectivity index (χ3v) is 7.98. The lowest BCUT2D eigenvalue weighted by Gasteiger charge is -2.42. The molecule has 0 bridgehead atoms. The maximum absolute atomic E-state index is 12.7. The maximum Gasteiger partial charge on any atom is 0.224 e. The molecule has 0 amide bonds. The molecule has 0 radical (unpaired) electrons. The maximum atomic E-state index is 12.7. The summed E-state index contributed by atoms with van der Waals surface area (Å²) in [5, 5.41) is 8.13. The highest BCUT2D eigenvalue weighted by Gasteiger charge is 2.41. The first-order valence-corrected chi connectivity index (χ1v) is 12.6. The van der Waals surface area contributed by atoms with E-state index >= 15 is 0 Å². The molecule has 2 saturated carbocycles. The molecule has 3 aromatic rings. The van der Waals surface area contributed by atoms with Crippen LogP contribution in [0.2, 0.25) is 0 Å². The van der Waals surface area contributed by atoms with Crippen LogP contribution in [-0.2, 0) is 5.54 Å². The molecular weight excluding hydrogens is 412 g/mol. The van der Waals surface area contributed by atoms with Crippen LogP contribution in [0.5, 0.6) is 0 Å². The van der Waals surface area contributed by atoms with Crippen molar-refractivity contribution >= 4 is 28.6 Å². The molecule has 3 aromatic heterocycles. The van der Waals surface area contributed by atoms with Gasteiger partial charge in [0.2, 0.25) is 5.95 Å². The highest BCUT2D eigenvalue weighted by atomic mass is 16.1. The van der Waals surface area contributed by atoms with Gasteiger partial charge in [0.25, 0.3) is 0 Å². The van der Waals surface area contributed by atoms with Crippen LogP contribution < -0.4 is 10.6 Å². The van der Waals surface area contributed by atoms with E-state index in [2.05, 4.69) is 25.2 Å². The van der Waals surface area contributed by atoms with Gasteiger partial charge in [0.05, 0.1) is 5.69 Å². The fourth-order valence-corrected chi connectivity index (χ4v) is 6.24. The van der Waals surface area contributed by atoms with Crippen molar-refractivity contribution in [3.8, 4) is 0 Å². The van der Waals surface area contributed by atoms with Crippen molar-refractivity contribution in [2.24, 2.45) is 0 Å². The molecule has 2 N–H and O–H groups in total. The van der Waals surface area contributed by atoms with Gasteiger partial charge in [0.1, 0.15) is 11.5 Å². The molecule has 7 heteroatoms. The van der Waals surface area contributed by atoms with Gasteiger partial charge in [-0.15, -0.1) is 0 Å². The number of fused-ring (bicyclic) bond motifs is 4. The number of Topliss-reactive ketones (excluding diaryl/α,β-unsaturated/α-hetero) is 1. The molecule has 3 aliphatic rings. The lowest BCUT2D eigenvalue weighted by atomic mass is 9.75. The van der Waals surface area contributed by atoms with Gasteiger partial charge < -0.3 is 15.2 Å². The minimum Gasteiger partial charge on any atom is -0.367 e. The normalized spacial score (nSPS) is 24.5. The number of aromatic nitrogens is 4. The van der Waals surface area contributed by atoms with Crippen molar-refractivity contribution in [1.29, 1.82) is 0 Å². The quantitative estimate of drug-likeness (QED) is 0.568. The van der Waals surface area contributed by atoms with E-state index in [4.69, 9.17) is 4.98 Å². The van der Waals surface area contributed by atoms with Crippen LogP contribution in [0.1, 0.15) is 81.1 Å². The van der Waals surface area contributed by atoms with E-state index in [0.717, 1.165) is 67.5 Å². The summed E-state index contributed by atoms with van der Waals surface area (Å²) in [4.78, 5) is 26.7. The van der Waals surface area contributed by atoms with Crippen LogP contribution in [0.15, 0.2) is 36.7 Å². The van der Waals surface area contributed by atoms with Crippen LogP contribution in [0.3, 0.4) is 0 Å². The molecule has 0 aromatic carbocycles. The van der Waals surface area contributed by atoms with Gasteiger partial charge in [-0.2, -0.15) is 4.98 Å². The Labute approximate surface area is 194 Å². The zero-order valence-electron chi connectivity index (χ0n) is 19.1. The standard InChI is InChI=1S/C26H32N6O/c33-22-11-14-26(12-3-1-4-13-26)32-21(22)16-18-17-28-25(31-24(18)32)30-20-9-7-19(8-10-20)29-23-6-2-5-15-27-23/h2,5-6,15-17,19-20H,1,3-4,7-14H2,(H,27,29)(H,28,30,31). The number of carbonyl (C=O) groups excluding carboxylic acids is 1. The fraction of sp³-hybridized carbons (Fsp3) is 0.538. The molecule has 2 fully saturated rings. The summed E-state index contributed by atoms with van der Waals surface area (Å²) in [6, 6.07) is 8.82. The Balaban J connectivity index is 1.20. The second kappa shape index (κ2) is 8.43. The lowest BCUT2D eigenvalue weighted by molar-refractivity contribution is 0.0852. The van der Waals surface area contributed by atoms with Gasteiger partial charge in [-0.25, -0.2) is 9.97 Å².